The largest absolute Gasteiger partial charge is 0.496 e. The molecule has 1 aromatic carbocycles. The number of rotatable bonds is 14. The fourth-order valence-corrected chi connectivity index (χ4v) is 3.13. The first-order valence-electron chi connectivity index (χ1n) is 10.6. The average Bonchev–Trinajstić information content (AvgIpc) is 3.51. The van der Waals surface area contributed by atoms with Gasteiger partial charge in [0.15, 0.2) is 5.96 Å². The zero-order valence-electron chi connectivity index (χ0n) is 17.8. The van der Waals surface area contributed by atoms with Gasteiger partial charge in [0.05, 0.1) is 33.5 Å². The molecule has 1 aromatic rings. The number of hydrogen-bond acceptors (Lipinski definition) is 4. The summed E-state index contributed by atoms with van der Waals surface area (Å²) in [5.74, 6) is 1.80. The molecule has 0 heterocycles. The van der Waals surface area contributed by atoms with Gasteiger partial charge in [0, 0.05) is 30.7 Å². The van der Waals surface area contributed by atoms with Crippen molar-refractivity contribution in [2.75, 3.05) is 53.2 Å². The molecule has 1 saturated carbocycles. The summed E-state index contributed by atoms with van der Waals surface area (Å²) in [7, 11) is 1.73. The van der Waals surface area contributed by atoms with Gasteiger partial charge in [-0.2, -0.15) is 0 Å². The fourth-order valence-electron chi connectivity index (χ4n) is 3.13. The summed E-state index contributed by atoms with van der Waals surface area (Å²) in [6.45, 7) is 9.32. The van der Waals surface area contributed by atoms with Crippen molar-refractivity contribution >= 4 is 5.96 Å². The maximum atomic E-state index is 5.61. The maximum absolute atomic E-state index is 5.61. The van der Waals surface area contributed by atoms with Gasteiger partial charge in [-0.1, -0.05) is 31.5 Å². The summed E-state index contributed by atoms with van der Waals surface area (Å²) >= 11 is 0. The predicted octanol–water partition coefficient (Wildman–Crippen LogP) is 3.12. The van der Waals surface area contributed by atoms with Gasteiger partial charge >= 0.3 is 0 Å². The lowest BCUT2D eigenvalue weighted by Gasteiger charge is -2.18. The number of guanidine groups is 1. The molecule has 0 bridgehead atoms. The zero-order chi connectivity index (χ0) is 20.1. The standard InChI is InChI=1S/C22H37N3O3/c1-4-6-14-27-16-17-28-15-13-24-21(23-5-2)25-18-22(11-12-22)19-9-7-8-10-20(19)26-3/h7-10H,4-6,11-18H2,1-3H3,(H2,23,24,25). The minimum atomic E-state index is 0.112. The summed E-state index contributed by atoms with van der Waals surface area (Å²) in [6, 6.07) is 8.29. The monoisotopic (exact) mass is 391 g/mol. The van der Waals surface area contributed by atoms with Gasteiger partial charge in [0.25, 0.3) is 0 Å². The summed E-state index contributed by atoms with van der Waals surface area (Å²) < 4.78 is 16.7. The Bertz CT molecular complexity index is 588. The molecule has 1 aliphatic rings. The lowest BCUT2D eigenvalue weighted by molar-refractivity contribution is 0.0487. The SMILES string of the molecule is CCCCOCCOCCNC(=NCC1(c2ccccc2OC)CC1)NCC. The third kappa shape index (κ3) is 7.32. The lowest BCUT2D eigenvalue weighted by Crippen LogP contribution is -2.39. The number of unbranched alkanes of at least 4 members (excludes halogenated alkanes) is 1. The fraction of sp³-hybridized carbons (Fsp3) is 0.682. The van der Waals surface area contributed by atoms with Crippen molar-refractivity contribution in [3.63, 3.8) is 0 Å². The Hall–Kier alpha value is -1.79. The molecule has 6 nitrogen and oxygen atoms in total. The average molecular weight is 392 g/mol. The maximum Gasteiger partial charge on any atom is 0.191 e. The molecule has 0 aromatic heterocycles. The van der Waals surface area contributed by atoms with E-state index < -0.39 is 0 Å². The Morgan fingerprint density at radius 2 is 1.79 bits per heavy atom. The molecule has 28 heavy (non-hydrogen) atoms. The second-order valence-corrected chi connectivity index (χ2v) is 7.18. The second kappa shape index (κ2) is 12.6. The molecule has 0 atom stereocenters. The normalized spacial score (nSPS) is 15.3. The van der Waals surface area contributed by atoms with E-state index in [1.54, 1.807) is 7.11 Å². The van der Waals surface area contributed by atoms with Crippen LogP contribution in [0.1, 0.15) is 45.1 Å². The van der Waals surface area contributed by atoms with Crippen LogP contribution in [-0.4, -0.2) is 59.1 Å². The van der Waals surface area contributed by atoms with Crippen LogP contribution >= 0.6 is 0 Å². The van der Waals surface area contributed by atoms with Crippen LogP contribution in [0.15, 0.2) is 29.3 Å². The lowest BCUT2D eigenvalue weighted by atomic mass is 9.95. The molecular formula is C22H37N3O3. The number of hydrogen-bond donors (Lipinski definition) is 2. The Labute approximate surface area is 170 Å². The molecule has 1 fully saturated rings. The third-order valence-electron chi connectivity index (χ3n) is 4.97. The first-order valence-corrected chi connectivity index (χ1v) is 10.6. The number of nitrogens with one attached hydrogen (secondary N) is 2. The van der Waals surface area contributed by atoms with E-state index in [1.807, 2.05) is 12.1 Å². The van der Waals surface area contributed by atoms with Gasteiger partial charge in [-0.25, -0.2) is 0 Å². The molecule has 2 N–H and O–H groups in total. The van der Waals surface area contributed by atoms with Crippen LogP contribution in [0.25, 0.3) is 0 Å². The molecule has 0 amide bonds. The quantitative estimate of drug-likeness (QED) is 0.290. The highest BCUT2D eigenvalue weighted by atomic mass is 16.5. The van der Waals surface area contributed by atoms with Crippen molar-refractivity contribution in [3.8, 4) is 5.75 Å². The first-order chi connectivity index (χ1) is 13.8. The highest BCUT2D eigenvalue weighted by molar-refractivity contribution is 5.79. The van der Waals surface area contributed by atoms with Crippen LogP contribution < -0.4 is 15.4 Å². The molecule has 2 rings (SSSR count). The van der Waals surface area contributed by atoms with Crippen LogP contribution in [0.2, 0.25) is 0 Å². The van der Waals surface area contributed by atoms with Gasteiger partial charge in [0.2, 0.25) is 0 Å². The second-order valence-electron chi connectivity index (χ2n) is 7.18. The van der Waals surface area contributed by atoms with E-state index in [4.69, 9.17) is 19.2 Å². The van der Waals surface area contributed by atoms with Crippen LogP contribution in [0.5, 0.6) is 5.75 Å². The highest BCUT2D eigenvalue weighted by Gasteiger charge is 2.46. The summed E-state index contributed by atoms with van der Waals surface area (Å²) in [5.41, 5.74) is 1.38. The number of benzene rings is 1. The molecule has 0 radical (unpaired) electrons. The van der Waals surface area contributed by atoms with Crippen molar-refractivity contribution in [3.05, 3.63) is 29.8 Å². The molecule has 0 aliphatic heterocycles. The third-order valence-corrected chi connectivity index (χ3v) is 4.97. The van der Waals surface area contributed by atoms with Crippen molar-refractivity contribution in [2.45, 2.75) is 44.9 Å². The van der Waals surface area contributed by atoms with Crippen LogP contribution in [-0.2, 0) is 14.9 Å². The van der Waals surface area contributed by atoms with Crippen LogP contribution in [0.4, 0.5) is 0 Å². The molecule has 6 heteroatoms. The molecular weight excluding hydrogens is 354 g/mol. The number of para-hydroxylation sites is 1. The molecule has 0 saturated heterocycles. The van der Waals surface area contributed by atoms with Gasteiger partial charge in [-0.05, 0) is 32.3 Å². The molecule has 158 valence electrons. The van der Waals surface area contributed by atoms with Crippen molar-refractivity contribution in [1.29, 1.82) is 0 Å². The van der Waals surface area contributed by atoms with Gasteiger partial charge < -0.3 is 24.8 Å². The van der Waals surface area contributed by atoms with E-state index >= 15 is 0 Å². The molecule has 0 spiro atoms. The number of aliphatic imine (C=N–C) groups is 1. The Morgan fingerprint density at radius 1 is 1.04 bits per heavy atom. The van der Waals surface area contributed by atoms with Crippen molar-refractivity contribution in [2.24, 2.45) is 4.99 Å². The van der Waals surface area contributed by atoms with E-state index in [2.05, 4.69) is 36.6 Å². The van der Waals surface area contributed by atoms with Crippen molar-refractivity contribution in [1.82, 2.24) is 10.6 Å². The summed E-state index contributed by atoms with van der Waals surface area (Å²) in [6.07, 6.45) is 4.57. The topological polar surface area (TPSA) is 64.1 Å². The highest BCUT2D eigenvalue weighted by Crippen LogP contribution is 2.51. The Balaban J connectivity index is 1.75. The predicted molar refractivity (Wildman–Crippen MR) is 114 cm³/mol. The minimum absolute atomic E-state index is 0.112. The number of methoxy groups -OCH3 is 1. The first kappa shape index (κ1) is 22.5. The zero-order valence-corrected chi connectivity index (χ0v) is 17.8. The number of ether oxygens (including phenoxy) is 3. The molecule has 0 unspecified atom stereocenters. The van der Waals surface area contributed by atoms with Gasteiger partial charge in [0.1, 0.15) is 5.75 Å². The van der Waals surface area contributed by atoms with Crippen LogP contribution in [0, 0.1) is 0 Å². The van der Waals surface area contributed by atoms with E-state index in [-0.39, 0.29) is 5.41 Å². The van der Waals surface area contributed by atoms with Gasteiger partial charge in [-0.3, -0.25) is 4.99 Å². The van der Waals surface area contributed by atoms with Gasteiger partial charge in [-0.15, -0.1) is 0 Å². The minimum Gasteiger partial charge on any atom is -0.496 e. The van der Waals surface area contributed by atoms with E-state index in [0.29, 0.717) is 19.8 Å². The molecule has 1 aliphatic carbocycles. The van der Waals surface area contributed by atoms with Crippen molar-refractivity contribution < 1.29 is 14.2 Å². The van der Waals surface area contributed by atoms with Crippen LogP contribution in [0.3, 0.4) is 0 Å². The van der Waals surface area contributed by atoms with E-state index in [0.717, 1.165) is 63.6 Å². The van der Waals surface area contributed by atoms with E-state index in [1.165, 1.54) is 5.56 Å². The summed E-state index contributed by atoms with van der Waals surface area (Å²) in [5, 5.41) is 6.67. The number of nitrogens with zero attached hydrogens (tertiary/aromatic N) is 1. The smallest absolute Gasteiger partial charge is 0.191 e. The Morgan fingerprint density at radius 3 is 2.46 bits per heavy atom. The van der Waals surface area contributed by atoms with E-state index in [9.17, 15) is 0 Å². The Kier molecular flexibility index (Phi) is 10.1. The summed E-state index contributed by atoms with van der Waals surface area (Å²) in [4.78, 5) is 4.83.